The quantitative estimate of drug-likeness (QED) is 0.380. The average Bonchev–Trinajstić information content (AvgIpc) is 3.42. The fourth-order valence-electron chi connectivity index (χ4n) is 3.59. The maximum Gasteiger partial charge on any atom is 0.357 e. The fourth-order valence-corrected chi connectivity index (χ4v) is 4.27. The van der Waals surface area contributed by atoms with Crippen LogP contribution in [0.5, 0.6) is 0 Å². The molecule has 4 rings (SSSR count). The van der Waals surface area contributed by atoms with Crippen LogP contribution in [-0.2, 0) is 20.7 Å². The standard InChI is InChI=1S/C23H18F2N4O5S/c1-34-21(32)16-11-35-22(26-16)28-19(30)17(9-12-5-3-2-4-6-12)29-20(31)18(27-23(29)33)14-8-7-13(24)10-15(14)25/h2-8,10-11,17-18H,9H2,1H3,(H,27,33)(H,26,28,30). The van der Waals surface area contributed by atoms with Crippen LogP contribution in [0.25, 0.3) is 0 Å². The SMILES string of the molecule is COC(=O)c1csc(NC(=O)C(Cc2ccccc2)N2C(=O)NC(c3ccc(F)cc3F)C2=O)n1. The number of ether oxygens (including phenoxy) is 1. The molecule has 2 atom stereocenters. The predicted molar refractivity (Wildman–Crippen MR) is 120 cm³/mol. The number of amides is 4. The van der Waals surface area contributed by atoms with Crippen molar-refractivity contribution in [3.8, 4) is 0 Å². The fraction of sp³-hybridized carbons (Fsp3) is 0.174. The van der Waals surface area contributed by atoms with Crippen molar-refractivity contribution < 1.29 is 32.7 Å². The van der Waals surface area contributed by atoms with Crippen LogP contribution in [0, 0.1) is 11.6 Å². The third-order valence-corrected chi connectivity index (χ3v) is 6.02. The summed E-state index contributed by atoms with van der Waals surface area (Å²) >= 11 is 0.957. The number of benzene rings is 2. The van der Waals surface area contributed by atoms with E-state index in [1.807, 2.05) is 0 Å². The van der Waals surface area contributed by atoms with Crippen LogP contribution >= 0.6 is 11.3 Å². The number of hydrogen-bond donors (Lipinski definition) is 2. The summed E-state index contributed by atoms with van der Waals surface area (Å²) in [6.07, 6.45) is -0.0420. The summed E-state index contributed by atoms with van der Waals surface area (Å²) in [6, 6.07) is 7.63. The zero-order chi connectivity index (χ0) is 25.1. The van der Waals surface area contributed by atoms with E-state index in [1.54, 1.807) is 30.3 Å². The van der Waals surface area contributed by atoms with Crippen LogP contribution < -0.4 is 10.6 Å². The molecule has 0 spiro atoms. The minimum Gasteiger partial charge on any atom is -0.464 e. The van der Waals surface area contributed by atoms with Crippen LogP contribution in [0.1, 0.15) is 27.7 Å². The summed E-state index contributed by atoms with van der Waals surface area (Å²) in [4.78, 5) is 55.6. The lowest BCUT2D eigenvalue weighted by molar-refractivity contribution is -0.134. The molecule has 4 amide bonds. The zero-order valence-corrected chi connectivity index (χ0v) is 19.0. The highest BCUT2D eigenvalue weighted by atomic mass is 32.1. The number of nitrogens with one attached hydrogen (secondary N) is 2. The topological polar surface area (TPSA) is 118 Å². The number of carbonyl (C=O) groups excluding carboxylic acids is 4. The molecule has 1 aromatic heterocycles. The minimum atomic E-state index is -1.43. The number of nitrogens with zero attached hydrogens (tertiary/aromatic N) is 2. The summed E-state index contributed by atoms with van der Waals surface area (Å²) in [5, 5.41) is 6.32. The summed E-state index contributed by atoms with van der Waals surface area (Å²) in [7, 11) is 1.19. The number of imide groups is 1. The van der Waals surface area contributed by atoms with Gasteiger partial charge in [-0.15, -0.1) is 11.3 Å². The molecular formula is C23H18F2N4O5S. The first-order valence-electron chi connectivity index (χ1n) is 10.3. The number of methoxy groups -OCH3 is 1. The summed E-state index contributed by atoms with van der Waals surface area (Å²) in [5.74, 6) is -4.15. The first kappa shape index (κ1) is 24.0. The van der Waals surface area contributed by atoms with Gasteiger partial charge in [-0.05, 0) is 11.6 Å². The van der Waals surface area contributed by atoms with Gasteiger partial charge < -0.3 is 15.4 Å². The number of thiazole rings is 1. The molecule has 3 aromatic rings. The van der Waals surface area contributed by atoms with Crippen molar-refractivity contribution in [2.45, 2.75) is 18.5 Å². The van der Waals surface area contributed by atoms with Crippen molar-refractivity contribution in [3.63, 3.8) is 0 Å². The molecule has 9 nitrogen and oxygen atoms in total. The second-order valence-corrected chi connectivity index (χ2v) is 8.34. The Morgan fingerprint density at radius 2 is 1.94 bits per heavy atom. The molecule has 2 unspecified atom stereocenters. The van der Waals surface area contributed by atoms with Gasteiger partial charge >= 0.3 is 12.0 Å². The molecule has 180 valence electrons. The van der Waals surface area contributed by atoms with Crippen LogP contribution in [0.4, 0.5) is 18.7 Å². The monoisotopic (exact) mass is 500 g/mol. The number of halogens is 2. The van der Waals surface area contributed by atoms with Crippen molar-refractivity contribution in [1.29, 1.82) is 0 Å². The number of esters is 1. The molecule has 2 N–H and O–H groups in total. The third-order valence-electron chi connectivity index (χ3n) is 5.26. The molecular weight excluding hydrogens is 482 g/mol. The van der Waals surface area contributed by atoms with E-state index < -0.39 is 47.5 Å². The first-order chi connectivity index (χ1) is 16.8. The van der Waals surface area contributed by atoms with Crippen molar-refractivity contribution in [1.82, 2.24) is 15.2 Å². The second-order valence-electron chi connectivity index (χ2n) is 7.48. The Morgan fingerprint density at radius 1 is 1.20 bits per heavy atom. The Hall–Kier alpha value is -4.19. The van der Waals surface area contributed by atoms with Crippen molar-refractivity contribution >= 4 is 40.3 Å². The van der Waals surface area contributed by atoms with Crippen LogP contribution in [0.2, 0.25) is 0 Å². The lowest BCUT2D eigenvalue weighted by atomic mass is 10.0. The molecule has 12 heteroatoms. The molecule has 0 aliphatic carbocycles. The Labute approximate surface area is 201 Å². The van der Waals surface area contributed by atoms with Crippen LogP contribution in [-0.4, -0.2) is 46.9 Å². The van der Waals surface area contributed by atoms with Gasteiger partial charge in [0.05, 0.1) is 7.11 Å². The van der Waals surface area contributed by atoms with Crippen LogP contribution in [0.15, 0.2) is 53.9 Å². The molecule has 0 radical (unpaired) electrons. The first-order valence-corrected chi connectivity index (χ1v) is 11.1. The molecule has 1 fully saturated rings. The Morgan fingerprint density at radius 3 is 2.63 bits per heavy atom. The van der Waals surface area contributed by atoms with E-state index in [9.17, 15) is 28.0 Å². The lowest BCUT2D eigenvalue weighted by Crippen LogP contribution is -2.49. The number of anilines is 1. The maximum atomic E-state index is 14.3. The van der Waals surface area contributed by atoms with Gasteiger partial charge in [0.2, 0.25) is 5.91 Å². The number of aromatic nitrogens is 1. The van der Waals surface area contributed by atoms with Gasteiger partial charge in [0.25, 0.3) is 5.91 Å². The number of carbonyl (C=O) groups is 4. The van der Waals surface area contributed by atoms with Gasteiger partial charge in [0.15, 0.2) is 10.8 Å². The van der Waals surface area contributed by atoms with E-state index >= 15 is 0 Å². The van der Waals surface area contributed by atoms with Gasteiger partial charge in [0.1, 0.15) is 23.7 Å². The molecule has 0 saturated carbocycles. The normalized spacial score (nSPS) is 16.1. The summed E-state index contributed by atoms with van der Waals surface area (Å²) in [6.45, 7) is 0. The number of urea groups is 1. The maximum absolute atomic E-state index is 14.3. The van der Waals surface area contributed by atoms with Crippen molar-refractivity contribution in [2.24, 2.45) is 0 Å². The molecule has 1 aliphatic rings. The van der Waals surface area contributed by atoms with Crippen LogP contribution in [0.3, 0.4) is 0 Å². The van der Waals surface area contributed by atoms with E-state index in [2.05, 4.69) is 20.4 Å². The zero-order valence-electron chi connectivity index (χ0n) is 18.2. The smallest absolute Gasteiger partial charge is 0.357 e. The van der Waals surface area contributed by atoms with Crippen molar-refractivity contribution in [3.05, 3.63) is 82.4 Å². The minimum absolute atomic E-state index is 0.0192. The largest absolute Gasteiger partial charge is 0.464 e. The summed E-state index contributed by atoms with van der Waals surface area (Å²) < 4.78 is 32.3. The van der Waals surface area contributed by atoms with Gasteiger partial charge in [-0.2, -0.15) is 0 Å². The Kier molecular flexibility index (Phi) is 6.82. The molecule has 1 aliphatic heterocycles. The van der Waals surface area contributed by atoms with Gasteiger partial charge in [0, 0.05) is 23.4 Å². The third kappa shape index (κ3) is 5.01. The van der Waals surface area contributed by atoms with E-state index in [0.29, 0.717) is 16.5 Å². The lowest BCUT2D eigenvalue weighted by Gasteiger charge is -2.24. The highest BCUT2D eigenvalue weighted by Gasteiger charge is 2.46. The van der Waals surface area contributed by atoms with Gasteiger partial charge in [-0.25, -0.2) is 28.3 Å². The molecule has 1 saturated heterocycles. The average molecular weight is 500 g/mol. The molecule has 2 aromatic carbocycles. The highest BCUT2D eigenvalue weighted by Crippen LogP contribution is 2.28. The van der Waals surface area contributed by atoms with Crippen molar-refractivity contribution in [2.75, 3.05) is 12.4 Å². The number of hydrogen-bond acceptors (Lipinski definition) is 7. The van der Waals surface area contributed by atoms with E-state index in [0.717, 1.165) is 23.5 Å². The predicted octanol–water partition coefficient (Wildman–Crippen LogP) is 3.05. The van der Waals surface area contributed by atoms with Gasteiger partial charge in [-0.1, -0.05) is 36.4 Å². The highest BCUT2D eigenvalue weighted by molar-refractivity contribution is 7.14. The second kappa shape index (κ2) is 9.97. The Bertz CT molecular complexity index is 1300. The van der Waals surface area contributed by atoms with E-state index in [4.69, 9.17) is 0 Å². The molecule has 35 heavy (non-hydrogen) atoms. The number of rotatable bonds is 7. The van der Waals surface area contributed by atoms with E-state index in [-0.39, 0.29) is 22.8 Å². The van der Waals surface area contributed by atoms with E-state index in [1.165, 1.54) is 12.5 Å². The van der Waals surface area contributed by atoms with Gasteiger partial charge in [-0.3, -0.25) is 9.59 Å². The Balaban J connectivity index is 1.63. The molecule has 2 heterocycles. The summed E-state index contributed by atoms with van der Waals surface area (Å²) in [5.41, 5.74) is 0.405. The molecule has 0 bridgehead atoms.